The van der Waals surface area contributed by atoms with Gasteiger partial charge in [0.1, 0.15) is 11.6 Å². The fourth-order valence-electron chi connectivity index (χ4n) is 1.81. The molecule has 1 aliphatic carbocycles. The number of hydrogen-bond acceptors (Lipinski definition) is 4. The Morgan fingerprint density at radius 2 is 2.10 bits per heavy atom. The smallest absolute Gasteiger partial charge is 0.227 e. The highest BCUT2D eigenvalue weighted by Gasteiger charge is 2.28. The minimum Gasteiger partial charge on any atom is -0.435 e. The monoisotopic (exact) mass is 337 g/mol. The lowest BCUT2D eigenvalue weighted by atomic mass is 10.3. The van der Waals surface area contributed by atoms with Crippen LogP contribution in [0.15, 0.2) is 22.7 Å². The third kappa shape index (κ3) is 2.60. The van der Waals surface area contributed by atoms with Gasteiger partial charge in [0.15, 0.2) is 11.6 Å². The molecule has 0 radical (unpaired) electrons. The molecule has 0 atom stereocenters. The minimum atomic E-state index is -0.447. The number of nitrogens with two attached hydrogens (primary N) is 1. The lowest BCUT2D eigenvalue weighted by molar-refractivity contribution is 0.421. The number of aromatic nitrogens is 2. The Morgan fingerprint density at radius 3 is 2.80 bits per heavy atom. The van der Waals surface area contributed by atoms with E-state index < -0.39 is 5.82 Å². The molecule has 1 saturated carbocycles. The van der Waals surface area contributed by atoms with Crippen molar-refractivity contribution in [2.45, 2.75) is 25.7 Å². The molecule has 2 aromatic rings. The zero-order chi connectivity index (χ0) is 14.3. The van der Waals surface area contributed by atoms with Gasteiger partial charge in [0.2, 0.25) is 5.88 Å². The molecule has 104 valence electrons. The summed E-state index contributed by atoms with van der Waals surface area (Å²) in [5, 5.41) is 0. The first-order chi connectivity index (χ1) is 9.54. The third-order valence-electron chi connectivity index (χ3n) is 3.20. The topological polar surface area (TPSA) is 61.0 Å². The number of rotatable bonds is 3. The Bertz CT molecular complexity index is 674. The van der Waals surface area contributed by atoms with Gasteiger partial charge in [-0.2, -0.15) is 4.98 Å². The fraction of sp³-hybridized carbons (Fsp3) is 0.286. The molecule has 0 amide bonds. The van der Waals surface area contributed by atoms with E-state index >= 15 is 0 Å². The molecule has 1 aromatic carbocycles. The molecule has 0 unspecified atom stereocenters. The highest BCUT2D eigenvalue weighted by atomic mass is 79.9. The summed E-state index contributed by atoms with van der Waals surface area (Å²) in [6, 6.07) is 4.50. The molecule has 1 fully saturated rings. The first-order valence-corrected chi connectivity index (χ1v) is 7.11. The van der Waals surface area contributed by atoms with Gasteiger partial charge in [0.05, 0.1) is 5.56 Å². The second-order valence-corrected chi connectivity index (χ2v) is 5.76. The molecule has 2 N–H and O–H groups in total. The van der Waals surface area contributed by atoms with E-state index in [2.05, 4.69) is 25.9 Å². The van der Waals surface area contributed by atoms with Crippen LogP contribution in [0.4, 0.5) is 10.2 Å². The molecule has 1 heterocycles. The summed E-state index contributed by atoms with van der Waals surface area (Å²) >= 11 is 3.29. The van der Waals surface area contributed by atoms with Crippen LogP contribution in [0.3, 0.4) is 0 Å². The number of nitrogens with zero attached hydrogens (tertiary/aromatic N) is 2. The summed E-state index contributed by atoms with van der Waals surface area (Å²) in [7, 11) is 0. The number of halogens is 2. The van der Waals surface area contributed by atoms with Crippen LogP contribution in [-0.4, -0.2) is 9.97 Å². The largest absolute Gasteiger partial charge is 0.435 e. The van der Waals surface area contributed by atoms with Gasteiger partial charge in [-0.25, -0.2) is 9.37 Å². The third-order valence-corrected chi connectivity index (χ3v) is 3.69. The van der Waals surface area contributed by atoms with Crippen molar-refractivity contribution in [3.8, 4) is 11.6 Å². The lowest BCUT2D eigenvalue weighted by Gasteiger charge is -2.11. The summed E-state index contributed by atoms with van der Waals surface area (Å²) in [5.41, 5.74) is 6.49. The standard InChI is InChI=1S/C14H13BrFN3O/c1-7-12(17)18-13(8-2-3-8)19-14(7)20-11-6-9(15)4-5-10(11)16/h4-6,8H,2-3H2,1H3,(H2,17,18,19). The Morgan fingerprint density at radius 1 is 1.35 bits per heavy atom. The molecule has 6 heteroatoms. The number of benzene rings is 1. The van der Waals surface area contributed by atoms with Crippen molar-refractivity contribution in [2.75, 3.05) is 5.73 Å². The van der Waals surface area contributed by atoms with Crippen LogP contribution in [0.1, 0.15) is 30.1 Å². The van der Waals surface area contributed by atoms with E-state index in [1.165, 1.54) is 6.07 Å². The second-order valence-electron chi connectivity index (χ2n) is 4.85. The maximum Gasteiger partial charge on any atom is 0.227 e. The maximum atomic E-state index is 13.7. The summed E-state index contributed by atoms with van der Waals surface area (Å²) in [6.45, 7) is 1.76. The Balaban J connectivity index is 1.99. The first-order valence-electron chi connectivity index (χ1n) is 6.31. The molecular weight excluding hydrogens is 325 g/mol. The molecule has 1 aromatic heterocycles. The molecule has 1 aliphatic rings. The van der Waals surface area contributed by atoms with Gasteiger partial charge in [0.25, 0.3) is 0 Å². The summed E-state index contributed by atoms with van der Waals surface area (Å²) in [6.07, 6.45) is 2.13. The van der Waals surface area contributed by atoms with E-state index in [4.69, 9.17) is 10.5 Å². The number of anilines is 1. The predicted molar refractivity (Wildman–Crippen MR) is 77.3 cm³/mol. The summed E-state index contributed by atoms with van der Waals surface area (Å²) in [4.78, 5) is 8.63. The normalized spacial score (nSPS) is 14.3. The highest BCUT2D eigenvalue weighted by molar-refractivity contribution is 9.10. The molecule has 0 saturated heterocycles. The average molecular weight is 338 g/mol. The number of ether oxygens (including phenoxy) is 1. The Labute approximate surface area is 124 Å². The van der Waals surface area contributed by atoms with Gasteiger partial charge in [0, 0.05) is 10.4 Å². The summed E-state index contributed by atoms with van der Waals surface area (Å²) in [5.74, 6) is 1.40. The van der Waals surface area contributed by atoms with Crippen molar-refractivity contribution in [3.63, 3.8) is 0 Å². The van der Waals surface area contributed by atoms with Gasteiger partial charge >= 0.3 is 0 Å². The van der Waals surface area contributed by atoms with Crippen molar-refractivity contribution >= 4 is 21.7 Å². The van der Waals surface area contributed by atoms with Gasteiger partial charge in [-0.3, -0.25) is 0 Å². The van der Waals surface area contributed by atoms with Crippen molar-refractivity contribution in [3.05, 3.63) is 39.9 Å². The van der Waals surface area contributed by atoms with Crippen molar-refractivity contribution in [1.82, 2.24) is 9.97 Å². The van der Waals surface area contributed by atoms with Crippen LogP contribution < -0.4 is 10.5 Å². The summed E-state index contributed by atoms with van der Waals surface area (Å²) < 4.78 is 20.1. The molecule has 0 spiro atoms. The Kier molecular flexibility index (Phi) is 3.33. The molecular formula is C14H13BrFN3O. The molecule has 3 rings (SSSR count). The van der Waals surface area contributed by atoms with Crippen molar-refractivity contribution < 1.29 is 9.13 Å². The Hall–Kier alpha value is -1.69. The molecule has 20 heavy (non-hydrogen) atoms. The van der Waals surface area contributed by atoms with Crippen LogP contribution in [0.2, 0.25) is 0 Å². The predicted octanol–water partition coefficient (Wildman–Crippen LogP) is 3.94. The van der Waals surface area contributed by atoms with Gasteiger partial charge in [-0.15, -0.1) is 0 Å². The van der Waals surface area contributed by atoms with Crippen LogP contribution in [-0.2, 0) is 0 Å². The quantitative estimate of drug-likeness (QED) is 0.921. The zero-order valence-corrected chi connectivity index (χ0v) is 12.4. The number of nitrogen functional groups attached to an aromatic ring is 1. The lowest BCUT2D eigenvalue weighted by Crippen LogP contribution is -2.04. The second kappa shape index (κ2) is 5.01. The fourth-order valence-corrected chi connectivity index (χ4v) is 2.15. The van der Waals surface area contributed by atoms with Crippen LogP contribution >= 0.6 is 15.9 Å². The van der Waals surface area contributed by atoms with Gasteiger partial charge in [-0.05, 0) is 38.0 Å². The van der Waals surface area contributed by atoms with Gasteiger partial charge < -0.3 is 10.5 Å². The minimum absolute atomic E-state index is 0.113. The number of hydrogen-bond donors (Lipinski definition) is 1. The molecule has 4 nitrogen and oxygen atoms in total. The van der Waals surface area contributed by atoms with Crippen LogP contribution in [0, 0.1) is 12.7 Å². The molecule has 0 aliphatic heterocycles. The van der Waals surface area contributed by atoms with E-state index in [0.29, 0.717) is 29.0 Å². The van der Waals surface area contributed by atoms with E-state index in [-0.39, 0.29) is 5.75 Å². The van der Waals surface area contributed by atoms with Gasteiger partial charge in [-0.1, -0.05) is 15.9 Å². The molecule has 0 bridgehead atoms. The highest BCUT2D eigenvalue weighted by Crippen LogP contribution is 2.40. The van der Waals surface area contributed by atoms with Crippen LogP contribution in [0.5, 0.6) is 11.6 Å². The zero-order valence-electron chi connectivity index (χ0n) is 10.9. The van der Waals surface area contributed by atoms with E-state index in [1.54, 1.807) is 19.1 Å². The van der Waals surface area contributed by atoms with Crippen LogP contribution in [0.25, 0.3) is 0 Å². The van der Waals surface area contributed by atoms with Crippen molar-refractivity contribution in [2.24, 2.45) is 0 Å². The average Bonchev–Trinajstić information content (AvgIpc) is 3.23. The van der Waals surface area contributed by atoms with Crippen molar-refractivity contribution in [1.29, 1.82) is 0 Å². The SMILES string of the molecule is Cc1c(N)nc(C2CC2)nc1Oc1cc(Br)ccc1F. The van der Waals surface area contributed by atoms with E-state index in [0.717, 1.165) is 17.3 Å². The first kappa shape index (κ1) is 13.3. The maximum absolute atomic E-state index is 13.7. The van der Waals surface area contributed by atoms with E-state index in [9.17, 15) is 4.39 Å². The van der Waals surface area contributed by atoms with E-state index in [1.807, 2.05) is 0 Å².